The molecule has 0 unspecified atom stereocenters. The minimum absolute atomic E-state index is 0.0630. The largest absolute Gasteiger partial charge is 0.490 e. The van der Waals surface area contributed by atoms with Crippen molar-refractivity contribution in [3.8, 4) is 23.0 Å². The molecule has 0 aliphatic carbocycles. The number of hydrogen-bond acceptors (Lipinski definition) is 8. The van der Waals surface area contributed by atoms with Gasteiger partial charge in [0.1, 0.15) is 0 Å². The van der Waals surface area contributed by atoms with Crippen LogP contribution in [0.3, 0.4) is 0 Å². The maximum absolute atomic E-state index is 12.6. The first-order chi connectivity index (χ1) is 17.0. The molecule has 2 heterocycles. The maximum atomic E-state index is 12.6. The Hall–Kier alpha value is -3.59. The zero-order chi connectivity index (χ0) is 24.6. The van der Waals surface area contributed by atoms with E-state index in [1.54, 1.807) is 36.4 Å². The molecule has 1 aliphatic rings. The molecule has 0 atom stereocenters. The number of nitrogens with zero attached hydrogens (tertiary/aromatic N) is 3. The smallest absolute Gasteiger partial charge is 0.338 e. The monoisotopic (exact) mass is 499 g/mol. The molecular weight excluding hydrogens is 474 g/mol. The number of aromatic nitrogens is 2. The standard InChI is InChI=1S/C25H26ClN3O6/c1-2-32-21-14-17(10-11-20(21)33-16-23(30)29-12-6-3-7-13-29)25(31)34-15-22-27-24(35-28-22)18-8-4-5-9-19(18)26/h4-5,8-11,14H,2-3,6-7,12-13,15-16H2,1H3. The van der Waals surface area contributed by atoms with Crippen LogP contribution >= 0.6 is 11.6 Å². The van der Waals surface area contributed by atoms with Crippen LogP contribution in [0.4, 0.5) is 0 Å². The van der Waals surface area contributed by atoms with E-state index >= 15 is 0 Å². The fourth-order valence-corrected chi connectivity index (χ4v) is 3.88. The van der Waals surface area contributed by atoms with Gasteiger partial charge in [-0.1, -0.05) is 28.9 Å². The second-order valence-corrected chi connectivity index (χ2v) is 8.30. The minimum atomic E-state index is -0.592. The van der Waals surface area contributed by atoms with E-state index in [4.69, 9.17) is 30.3 Å². The van der Waals surface area contributed by atoms with Gasteiger partial charge in [-0.2, -0.15) is 4.98 Å². The zero-order valence-electron chi connectivity index (χ0n) is 19.4. The molecule has 0 N–H and O–H groups in total. The summed E-state index contributed by atoms with van der Waals surface area (Å²) < 4.78 is 21.9. The summed E-state index contributed by atoms with van der Waals surface area (Å²) in [6.45, 7) is 3.43. The predicted octanol–water partition coefficient (Wildman–Crippen LogP) is 4.54. The predicted molar refractivity (Wildman–Crippen MR) is 127 cm³/mol. The molecule has 4 rings (SSSR count). The highest BCUT2D eigenvalue weighted by Crippen LogP contribution is 2.29. The van der Waals surface area contributed by atoms with E-state index in [1.165, 1.54) is 6.07 Å². The Balaban J connectivity index is 1.36. The van der Waals surface area contributed by atoms with Crippen LogP contribution in [0.2, 0.25) is 5.02 Å². The molecule has 1 amide bonds. The zero-order valence-corrected chi connectivity index (χ0v) is 20.1. The van der Waals surface area contributed by atoms with Gasteiger partial charge in [0.25, 0.3) is 11.8 Å². The minimum Gasteiger partial charge on any atom is -0.490 e. The van der Waals surface area contributed by atoms with Gasteiger partial charge < -0.3 is 23.6 Å². The molecule has 0 bridgehead atoms. The van der Waals surface area contributed by atoms with E-state index in [1.807, 2.05) is 11.8 Å². The van der Waals surface area contributed by atoms with Crippen molar-refractivity contribution < 1.29 is 28.3 Å². The molecule has 0 saturated carbocycles. The summed E-state index contributed by atoms with van der Waals surface area (Å²) in [7, 11) is 0. The van der Waals surface area contributed by atoms with Crippen molar-refractivity contribution in [2.75, 3.05) is 26.3 Å². The Morgan fingerprint density at radius 1 is 1.06 bits per heavy atom. The summed E-state index contributed by atoms with van der Waals surface area (Å²) in [5.41, 5.74) is 0.855. The van der Waals surface area contributed by atoms with Gasteiger partial charge in [-0.05, 0) is 56.5 Å². The lowest BCUT2D eigenvalue weighted by atomic mass is 10.1. The number of likely N-dealkylation sites (tertiary alicyclic amines) is 1. The highest BCUT2D eigenvalue weighted by molar-refractivity contribution is 6.33. The summed E-state index contributed by atoms with van der Waals surface area (Å²) in [6, 6.07) is 11.7. The van der Waals surface area contributed by atoms with Crippen LogP contribution in [0.25, 0.3) is 11.5 Å². The van der Waals surface area contributed by atoms with Crippen molar-refractivity contribution in [1.82, 2.24) is 15.0 Å². The SMILES string of the molecule is CCOc1cc(C(=O)OCc2noc(-c3ccccc3Cl)n2)ccc1OCC(=O)N1CCCCC1. The van der Waals surface area contributed by atoms with Crippen molar-refractivity contribution >= 4 is 23.5 Å². The van der Waals surface area contributed by atoms with Crippen molar-refractivity contribution in [3.63, 3.8) is 0 Å². The van der Waals surface area contributed by atoms with Crippen LogP contribution in [0.1, 0.15) is 42.4 Å². The van der Waals surface area contributed by atoms with E-state index in [2.05, 4.69) is 10.1 Å². The summed E-state index contributed by atoms with van der Waals surface area (Å²) in [6.07, 6.45) is 3.17. The normalized spacial score (nSPS) is 13.4. The molecule has 1 fully saturated rings. The summed E-state index contributed by atoms with van der Waals surface area (Å²) in [4.78, 5) is 31.0. The fourth-order valence-electron chi connectivity index (χ4n) is 3.67. The average molecular weight is 500 g/mol. The van der Waals surface area contributed by atoms with Crippen LogP contribution in [-0.2, 0) is 16.1 Å². The average Bonchev–Trinajstić information content (AvgIpc) is 3.36. The first-order valence-corrected chi connectivity index (χ1v) is 11.8. The van der Waals surface area contributed by atoms with E-state index in [0.717, 1.165) is 32.4 Å². The highest BCUT2D eigenvalue weighted by atomic mass is 35.5. The van der Waals surface area contributed by atoms with Crippen LogP contribution in [0.15, 0.2) is 47.0 Å². The van der Waals surface area contributed by atoms with Gasteiger partial charge in [0, 0.05) is 13.1 Å². The van der Waals surface area contributed by atoms with Crippen LogP contribution < -0.4 is 9.47 Å². The third-order valence-electron chi connectivity index (χ3n) is 5.44. The fraction of sp³-hybridized carbons (Fsp3) is 0.360. The van der Waals surface area contributed by atoms with Crippen LogP contribution in [0, 0.1) is 0 Å². The molecule has 10 heteroatoms. The molecule has 1 aromatic heterocycles. The van der Waals surface area contributed by atoms with Gasteiger partial charge in [0.15, 0.2) is 24.7 Å². The Kier molecular flexibility index (Phi) is 8.20. The first kappa shape index (κ1) is 24.5. The molecule has 184 valence electrons. The Morgan fingerprint density at radius 2 is 1.86 bits per heavy atom. The van der Waals surface area contributed by atoms with Gasteiger partial charge in [-0.3, -0.25) is 4.79 Å². The Morgan fingerprint density at radius 3 is 2.63 bits per heavy atom. The van der Waals surface area contributed by atoms with Gasteiger partial charge in [-0.25, -0.2) is 4.79 Å². The number of benzene rings is 2. The van der Waals surface area contributed by atoms with E-state index in [-0.39, 0.29) is 36.4 Å². The van der Waals surface area contributed by atoms with E-state index in [9.17, 15) is 9.59 Å². The van der Waals surface area contributed by atoms with E-state index in [0.29, 0.717) is 28.7 Å². The van der Waals surface area contributed by atoms with Crippen molar-refractivity contribution in [2.45, 2.75) is 32.8 Å². The second-order valence-electron chi connectivity index (χ2n) is 7.90. The number of carbonyl (C=O) groups is 2. The Labute approximate surface area is 207 Å². The van der Waals surface area contributed by atoms with Crippen LogP contribution in [-0.4, -0.2) is 53.2 Å². The lowest BCUT2D eigenvalue weighted by Gasteiger charge is -2.26. The number of esters is 1. The highest BCUT2D eigenvalue weighted by Gasteiger charge is 2.19. The number of rotatable bonds is 9. The van der Waals surface area contributed by atoms with Gasteiger partial charge in [0.05, 0.1) is 22.8 Å². The van der Waals surface area contributed by atoms with Gasteiger partial charge in [0.2, 0.25) is 5.82 Å². The molecule has 3 aromatic rings. The molecule has 35 heavy (non-hydrogen) atoms. The maximum Gasteiger partial charge on any atom is 0.338 e. The number of amides is 1. The quantitative estimate of drug-likeness (QED) is 0.395. The topological polar surface area (TPSA) is 104 Å². The van der Waals surface area contributed by atoms with Gasteiger partial charge in [-0.15, -0.1) is 0 Å². The molecule has 9 nitrogen and oxygen atoms in total. The molecular formula is C25H26ClN3O6. The number of halogens is 1. The van der Waals surface area contributed by atoms with Crippen molar-refractivity contribution in [1.29, 1.82) is 0 Å². The van der Waals surface area contributed by atoms with Crippen molar-refractivity contribution in [2.24, 2.45) is 0 Å². The second kappa shape index (κ2) is 11.7. The lowest BCUT2D eigenvalue weighted by molar-refractivity contribution is -0.134. The Bertz CT molecular complexity index is 1180. The number of piperidine rings is 1. The molecule has 0 spiro atoms. The number of carbonyl (C=O) groups excluding carboxylic acids is 2. The van der Waals surface area contributed by atoms with E-state index < -0.39 is 5.97 Å². The summed E-state index contributed by atoms with van der Waals surface area (Å²) in [5.74, 6) is 0.526. The van der Waals surface area contributed by atoms with Crippen LogP contribution in [0.5, 0.6) is 11.5 Å². The lowest BCUT2D eigenvalue weighted by Crippen LogP contribution is -2.38. The number of hydrogen-bond donors (Lipinski definition) is 0. The van der Waals surface area contributed by atoms with Gasteiger partial charge >= 0.3 is 5.97 Å². The first-order valence-electron chi connectivity index (χ1n) is 11.5. The third kappa shape index (κ3) is 6.30. The molecule has 2 aromatic carbocycles. The summed E-state index contributed by atoms with van der Waals surface area (Å²) >= 11 is 6.15. The molecule has 1 aliphatic heterocycles. The molecule has 1 saturated heterocycles. The molecule has 0 radical (unpaired) electrons. The summed E-state index contributed by atoms with van der Waals surface area (Å²) in [5, 5.41) is 4.31. The number of ether oxygens (including phenoxy) is 3. The van der Waals surface area contributed by atoms with Crippen molar-refractivity contribution in [3.05, 3.63) is 58.9 Å². The third-order valence-corrected chi connectivity index (χ3v) is 5.77.